The Kier molecular flexibility index (Phi) is 4.40. The van der Waals surface area contributed by atoms with Gasteiger partial charge in [0.05, 0.1) is 6.10 Å². The smallest absolute Gasteiger partial charge is 0.223 e. The summed E-state index contributed by atoms with van der Waals surface area (Å²) in [7, 11) is 0. The van der Waals surface area contributed by atoms with E-state index in [1.54, 1.807) is 0 Å². The van der Waals surface area contributed by atoms with Crippen molar-refractivity contribution in [1.82, 2.24) is 5.32 Å². The van der Waals surface area contributed by atoms with Crippen molar-refractivity contribution in [2.75, 3.05) is 13.2 Å². The Morgan fingerprint density at radius 2 is 2.24 bits per heavy atom. The summed E-state index contributed by atoms with van der Waals surface area (Å²) >= 11 is 0. The molecule has 0 aromatic heterocycles. The van der Waals surface area contributed by atoms with Crippen molar-refractivity contribution >= 4 is 5.91 Å². The van der Waals surface area contributed by atoms with Crippen molar-refractivity contribution in [3.63, 3.8) is 0 Å². The minimum Gasteiger partial charge on any atom is -0.376 e. The Morgan fingerprint density at radius 3 is 2.94 bits per heavy atom. The van der Waals surface area contributed by atoms with Crippen molar-refractivity contribution in [2.45, 2.75) is 51.2 Å². The van der Waals surface area contributed by atoms with Gasteiger partial charge in [0.15, 0.2) is 0 Å². The van der Waals surface area contributed by atoms with E-state index in [4.69, 9.17) is 10.5 Å². The van der Waals surface area contributed by atoms with E-state index in [0.29, 0.717) is 12.5 Å². The van der Waals surface area contributed by atoms with Crippen molar-refractivity contribution < 1.29 is 9.53 Å². The molecule has 2 fully saturated rings. The Labute approximate surface area is 103 Å². The van der Waals surface area contributed by atoms with Gasteiger partial charge in [-0.2, -0.15) is 0 Å². The monoisotopic (exact) mass is 240 g/mol. The van der Waals surface area contributed by atoms with Gasteiger partial charge in [0, 0.05) is 25.1 Å². The van der Waals surface area contributed by atoms with E-state index in [2.05, 4.69) is 12.2 Å². The number of rotatable bonds is 3. The van der Waals surface area contributed by atoms with Gasteiger partial charge in [-0.05, 0) is 38.0 Å². The van der Waals surface area contributed by atoms with Crippen LogP contribution in [0.25, 0.3) is 0 Å². The lowest BCUT2D eigenvalue weighted by atomic mass is 9.77. The number of amides is 1. The molecule has 0 spiro atoms. The van der Waals surface area contributed by atoms with Crippen LogP contribution in [-0.4, -0.2) is 31.2 Å². The highest BCUT2D eigenvalue weighted by Crippen LogP contribution is 2.29. The van der Waals surface area contributed by atoms with Crippen LogP contribution in [0.2, 0.25) is 0 Å². The van der Waals surface area contributed by atoms with Crippen LogP contribution in [0.4, 0.5) is 0 Å². The first-order chi connectivity index (χ1) is 8.16. The van der Waals surface area contributed by atoms with Gasteiger partial charge in [-0.1, -0.05) is 6.92 Å². The van der Waals surface area contributed by atoms with E-state index in [9.17, 15) is 4.79 Å². The van der Waals surface area contributed by atoms with Gasteiger partial charge >= 0.3 is 0 Å². The second-order valence-corrected chi connectivity index (χ2v) is 5.54. The highest BCUT2D eigenvalue weighted by Gasteiger charge is 2.31. The molecule has 2 rings (SSSR count). The quantitative estimate of drug-likeness (QED) is 0.775. The predicted octanol–water partition coefficient (Wildman–Crippen LogP) is 1.05. The van der Waals surface area contributed by atoms with Crippen LogP contribution in [0.3, 0.4) is 0 Å². The average Bonchev–Trinajstić information content (AvgIpc) is 2.82. The molecule has 4 heteroatoms. The Hall–Kier alpha value is -0.610. The van der Waals surface area contributed by atoms with Gasteiger partial charge in [-0.15, -0.1) is 0 Å². The first-order valence-corrected chi connectivity index (χ1v) is 6.81. The fourth-order valence-corrected chi connectivity index (χ4v) is 2.87. The van der Waals surface area contributed by atoms with Crippen LogP contribution in [-0.2, 0) is 9.53 Å². The third-order valence-electron chi connectivity index (χ3n) is 4.10. The van der Waals surface area contributed by atoms with Crippen molar-refractivity contribution in [3.05, 3.63) is 0 Å². The summed E-state index contributed by atoms with van der Waals surface area (Å²) in [5, 5.41) is 3.03. The predicted molar refractivity (Wildman–Crippen MR) is 66.5 cm³/mol. The largest absolute Gasteiger partial charge is 0.376 e. The van der Waals surface area contributed by atoms with Crippen molar-refractivity contribution in [3.8, 4) is 0 Å². The van der Waals surface area contributed by atoms with Gasteiger partial charge in [0.2, 0.25) is 5.91 Å². The van der Waals surface area contributed by atoms with Crippen molar-refractivity contribution in [1.29, 1.82) is 0 Å². The second kappa shape index (κ2) is 5.83. The van der Waals surface area contributed by atoms with Crippen LogP contribution < -0.4 is 11.1 Å². The third-order valence-corrected chi connectivity index (χ3v) is 4.10. The van der Waals surface area contributed by atoms with Crippen LogP contribution in [0.15, 0.2) is 0 Å². The highest BCUT2D eigenvalue weighted by atomic mass is 16.5. The standard InChI is InChI=1S/C13H24N2O2/c1-9-4-5-10(14)7-12(9)13(16)15-8-11-3-2-6-17-11/h9-12H,2-8,14H2,1H3,(H,15,16). The maximum atomic E-state index is 12.1. The van der Waals surface area contributed by atoms with E-state index in [1.165, 1.54) is 0 Å². The number of nitrogens with one attached hydrogen (secondary N) is 1. The summed E-state index contributed by atoms with van der Waals surface area (Å²) in [6.07, 6.45) is 5.37. The lowest BCUT2D eigenvalue weighted by Gasteiger charge is -2.31. The second-order valence-electron chi connectivity index (χ2n) is 5.54. The minimum absolute atomic E-state index is 0.0974. The molecular formula is C13H24N2O2. The lowest BCUT2D eigenvalue weighted by molar-refractivity contribution is -0.128. The molecule has 0 aromatic rings. The summed E-state index contributed by atoms with van der Waals surface area (Å²) < 4.78 is 5.50. The maximum absolute atomic E-state index is 12.1. The van der Waals surface area contributed by atoms with Crippen molar-refractivity contribution in [2.24, 2.45) is 17.6 Å². The van der Waals surface area contributed by atoms with E-state index >= 15 is 0 Å². The van der Waals surface area contributed by atoms with Gasteiger partial charge in [0.25, 0.3) is 0 Å². The molecule has 1 aliphatic carbocycles. The maximum Gasteiger partial charge on any atom is 0.223 e. The summed E-state index contributed by atoms with van der Waals surface area (Å²) in [6, 6.07) is 0.199. The Balaban J connectivity index is 1.77. The van der Waals surface area contributed by atoms with E-state index in [1.807, 2.05) is 0 Å². The van der Waals surface area contributed by atoms with Gasteiger partial charge in [0.1, 0.15) is 0 Å². The summed E-state index contributed by atoms with van der Waals surface area (Å²) in [6.45, 7) is 3.66. The topological polar surface area (TPSA) is 64.4 Å². The molecule has 2 aliphatic rings. The average molecular weight is 240 g/mol. The molecule has 0 bridgehead atoms. The summed E-state index contributed by atoms with van der Waals surface area (Å²) in [4.78, 5) is 12.1. The fraction of sp³-hybridized carbons (Fsp3) is 0.923. The molecule has 4 nitrogen and oxygen atoms in total. The zero-order chi connectivity index (χ0) is 12.3. The van der Waals surface area contributed by atoms with E-state index < -0.39 is 0 Å². The molecule has 0 aromatic carbocycles. The number of hydrogen-bond acceptors (Lipinski definition) is 3. The van der Waals surface area contributed by atoms with Gasteiger partial charge in [-0.25, -0.2) is 0 Å². The molecule has 17 heavy (non-hydrogen) atoms. The van der Waals surface area contributed by atoms with Crippen LogP contribution in [0.1, 0.15) is 39.0 Å². The molecule has 4 unspecified atom stereocenters. The summed E-state index contributed by atoms with van der Waals surface area (Å²) in [5.74, 6) is 0.725. The molecule has 1 saturated carbocycles. The third kappa shape index (κ3) is 3.42. The highest BCUT2D eigenvalue weighted by molar-refractivity contribution is 5.79. The normalized spacial score (nSPS) is 38.0. The minimum atomic E-state index is 0.0974. The first-order valence-electron chi connectivity index (χ1n) is 6.81. The number of ether oxygens (including phenoxy) is 1. The van der Waals surface area contributed by atoms with Gasteiger partial charge < -0.3 is 15.8 Å². The SMILES string of the molecule is CC1CCC(N)CC1C(=O)NCC1CCCO1. The molecule has 4 atom stereocenters. The molecule has 1 saturated heterocycles. The molecule has 0 radical (unpaired) electrons. The van der Waals surface area contributed by atoms with Crippen LogP contribution in [0, 0.1) is 11.8 Å². The van der Waals surface area contributed by atoms with E-state index in [0.717, 1.165) is 38.7 Å². The first kappa shape index (κ1) is 12.8. The number of hydrogen-bond donors (Lipinski definition) is 2. The molecule has 1 aliphatic heterocycles. The van der Waals surface area contributed by atoms with Crippen LogP contribution in [0.5, 0.6) is 0 Å². The molecule has 1 amide bonds. The van der Waals surface area contributed by atoms with Gasteiger partial charge in [-0.3, -0.25) is 4.79 Å². The molecule has 98 valence electrons. The molecular weight excluding hydrogens is 216 g/mol. The number of carbonyl (C=O) groups excluding carboxylic acids is 1. The number of nitrogens with two attached hydrogens (primary N) is 1. The van der Waals surface area contributed by atoms with Crippen LogP contribution >= 0.6 is 0 Å². The Bertz CT molecular complexity index is 264. The lowest BCUT2D eigenvalue weighted by Crippen LogP contribution is -2.43. The molecule has 3 N–H and O–H groups in total. The Morgan fingerprint density at radius 1 is 1.41 bits per heavy atom. The zero-order valence-corrected chi connectivity index (χ0v) is 10.7. The molecule has 1 heterocycles. The van der Waals surface area contributed by atoms with E-state index in [-0.39, 0.29) is 24.0 Å². The fourth-order valence-electron chi connectivity index (χ4n) is 2.87. The summed E-state index contributed by atoms with van der Waals surface area (Å²) in [5.41, 5.74) is 5.94. The number of carbonyl (C=O) groups is 1. The zero-order valence-electron chi connectivity index (χ0n) is 10.7.